The Morgan fingerprint density at radius 3 is 2.53 bits per heavy atom. The van der Waals surface area contributed by atoms with Crippen molar-refractivity contribution in [2.45, 2.75) is 70.2 Å². The second-order valence-electron chi connectivity index (χ2n) is 10.0. The molecule has 1 heterocycles. The number of hydrogen-bond donors (Lipinski definition) is 2. The summed E-state index contributed by atoms with van der Waals surface area (Å²) >= 11 is 0. The maximum absolute atomic E-state index is 14.0. The zero-order valence-corrected chi connectivity index (χ0v) is 21.7. The van der Waals surface area contributed by atoms with E-state index in [4.69, 9.17) is 10.5 Å². The van der Waals surface area contributed by atoms with E-state index in [1.165, 1.54) is 12.3 Å². The Kier molecular flexibility index (Phi) is 10.9. The van der Waals surface area contributed by atoms with Gasteiger partial charge in [-0.05, 0) is 66.9 Å². The van der Waals surface area contributed by atoms with Crippen molar-refractivity contribution in [3.63, 3.8) is 0 Å². The van der Waals surface area contributed by atoms with E-state index in [1.807, 2.05) is 32.0 Å². The van der Waals surface area contributed by atoms with E-state index in [2.05, 4.69) is 22.5 Å². The second kappa shape index (κ2) is 13.2. The minimum atomic E-state index is -4.77. The fourth-order valence-electron chi connectivity index (χ4n) is 4.11. The number of ether oxygens (including phenoxy) is 1. The molecule has 1 fully saturated rings. The highest BCUT2D eigenvalue weighted by atomic mass is 19.4. The molecule has 3 N–H and O–H groups in total. The number of morpholine rings is 1. The van der Waals surface area contributed by atoms with Crippen LogP contribution in [0.2, 0.25) is 0 Å². The second-order valence-corrected chi connectivity index (χ2v) is 10.0. The third kappa shape index (κ3) is 9.22. The molecular formula is C28H40F3N3O2. The van der Waals surface area contributed by atoms with Crippen LogP contribution in [0.25, 0.3) is 0 Å². The van der Waals surface area contributed by atoms with Crippen molar-refractivity contribution in [3.05, 3.63) is 71.6 Å². The van der Waals surface area contributed by atoms with Gasteiger partial charge in [-0.3, -0.25) is 9.89 Å². The molecule has 1 unspecified atom stereocenters. The van der Waals surface area contributed by atoms with Crippen LogP contribution >= 0.6 is 0 Å². The van der Waals surface area contributed by atoms with Crippen LogP contribution in [0.15, 0.2) is 65.5 Å². The molecule has 0 bridgehead atoms. The van der Waals surface area contributed by atoms with Gasteiger partial charge in [0.2, 0.25) is 0 Å². The summed E-state index contributed by atoms with van der Waals surface area (Å²) in [6.45, 7) is 13.3. The lowest BCUT2D eigenvalue weighted by Gasteiger charge is -2.35. The van der Waals surface area contributed by atoms with E-state index >= 15 is 0 Å². The average molecular weight is 508 g/mol. The smallest absolute Gasteiger partial charge is 0.402 e. The van der Waals surface area contributed by atoms with Crippen molar-refractivity contribution < 1.29 is 23.0 Å². The lowest BCUT2D eigenvalue weighted by Crippen LogP contribution is -2.46. The highest BCUT2D eigenvalue weighted by Gasteiger charge is 2.53. The van der Waals surface area contributed by atoms with E-state index in [1.54, 1.807) is 19.2 Å². The third-order valence-electron chi connectivity index (χ3n) is 6.63. The molecule has 0 aromatic heterocycles. The first-order valence-electron chi connectivity index (χ1n) is 12.3. The Hall–Kier alpha value is -2.42. The number of benzene rings is 1. The first-order chi connectivity index (χ1) is 16.9. The van der Waals surface area contributed by atoms with E-state index in [-0.39, 0.29) is 18.5 Å². The topological polar surface area (TPSA) is 71.1 Å². The molecule has 200 valence electrons. The number of allylic oxidation sites excluding steroid dienone is 4. The van der Waals surface area contributed by atoms with Crippen LogP contribution in [-0.2, 0) is 16.7 Å². The maximum Gasteiger partial charge on any atom is 0.417 e. The number of nitrogens with two attached hydrogens (primary N) is 1. The molecule has 0 saturated carbocycles. The summed E-state index contributed by atoms with van der Waals surface area (Å²) in [6, 6.07) is 7.98. The van der Waals surface area contributed by atoms with Crippen LogP contribution in [0.1, 0.15) is 57.6 Å². The number of halogens is 3. The van der Waals surface area contributed by atoms with Crippen LogP contribution in [0.4, 0.5) is 13.2 Å². The normalized spacial score (nSPS) is 18.1. The molecule has 1 aliphatic rings. The number of hydrogen-bond acceptors (Lipinski definition) is 5. The summed E-state index contributed by atoms with van der Waals surface area (Å²) in [5.41, 5.74) is 5.36. The van der Waals surface area contributed by atoms with Crippen LogP contribution in [0.3, 0.4) is 0 Å². The molecule has 1 saturated heterocycles. The highest BCUT2D eigenvalue weighted by molar-refractivity contribution is 5.54. The number of aliphatic hydroxyl groups is 1. The van der Waals surface area contributed by atoms with Crippen molar-refractivity contribution in [3.8, 4) is 0 Å². The summed E-state index contributed by atoms with van der Waals surface area (Å²) in [7, 11) is 0. The molecule has 1 aliphatic heterocycles. The molecule has 2 rings (SSSR count). The van der Waals surface area contributed by atoms with Gasteiger partial charge in [0, 0.05) is 37.7 Å². The molecule has 36 heavy (non-hydrogen) atoms. The molecule has 0 aliphatic carbocycles. The molecule has 1 aromatic rings. The van der Waals surface area contributed by atoms with Crippen molar-refractivity contribution in [2.24, 2.45) is 10.7 Å². The van der Waals surface area contributed by atoms with Gasteiger partial charge in [0.15, 0.2) is 5.60 Å². The highest BCUT2D eigenvalue weighted by Crippen LogP contribution is 2.41. The molecular weight excluding hydrogens is 467 g/mol. The number of aliphatic imine (C=N–C) groups is 1. The van der Waals surface area contributed by atoms with Gasteiger partial charge in [0.05, 0.1) is 13.2 Å². The van der Waals surface area contributed by atoms with Gasteiger partial charge in [0.1, 0.15) is 0 Å². The van der Waals surface area contributed by atoms with Gasteiger partial charge >= 0.3 is 6.18 Å². The maximum atomic E-state index is 14.0. The van der Waals surface area contributed by atoms with E-state index in [0.717, 1.165) is 30.8 Å². The summed E-state index contributed by atoms with van der Waals surface area (Å²) < 4.78 is 47.3. The Balaban J connectivity index is 2.06. The first-order valence-corrected chi connectivity index (χ1v) is 12.3. The van der Waals surface area contributed by atoms with Gasteiger partial charge < -0.3 is 15.6 Å². The van der Waals surface area contributed by atoms with E-state index < -0.39 is 30.0 Å². The van der Waals surface area contributed by atoms with Crippen LogP contribution in [-0.4, -0.2) is 54.3 Å². The predicted molar refractivity (Wildman–Crippen MR) is 140 cm³/mol. The zero-order valence-electron chi connectivity index (χ0n) is 21.7. The third-order valence-corrected chi connectivity index (χ3v) is 6.63. The molecule has 5 nitrogen and oxygen atoms in total. The zero-order chi connectivity index (χ0) is 26.8. The average Bonchev–Trinajstić information content (AvgIpc) is 2.82. The van der Waals surface area contributed by atoms with Crippen molar-refractivity contribution in [1.29, 1.82) is 0 Å². The van der Waals surface area contributed by atoms with Crippen LogP contribution in [0, 0.1) is 0 Å². The minimum absolute atomic E-state index is 0.102. The summed E-state index contributed by atoms with van der Waals surface area (Å²) in [5.74, 6) is 0. The lowest BCUT2D eigenvalue weighted by molar-refractivity contribution is -0.265. The minimum Gasteiger partial charge on any atom is -0.402 e. The number of nitrogens with zero attached hydrogens (tertiary/aromatic N) is 2. The first kappa shape index (κ1) is 29.8. The molecule has 8 heteroatoms. The van der Waals surface area contributed by atoms with Crippen molar-refractivity contribution in [2.75, 3.05) is 26.3 Å². The fourth-order valence-corrected chi connectivity index (χ4v) is 4.11. The Bertz CT molecular complexity index is 948. The summed E-state index contributed by atoms with van der Waals surface area (Å²) in [4.78, 5) is 6.21. The predicted octanol–water partition coefficient (Wildman–Crippen LogP) is 5.65. The monoisotopic (exact) mass is 507 g/mol. The van der Waals surface area contributed by atoms with Crippen molar-refractivity contribution >= 4 is 6.21 Å². The molecule has 0 spiro atoms. The van der Waals surface area contributed by atoms with Gasteiger partial charge in [-0.25, -0.2) is 0 Å². The van der Waals surface area contributed by atoms with E-state index in [9.17, 15) is 18.3 Å². The standard InChI is InChI=1S/C28H40F3N3O2/c1-5-33-14-10-22(2)19-25(32)9-11-27(35,28(29,30)31)13-12-26(3,4)24-8-6-7-23(20-24)21-34-15-17-36-18-16-34/h5-8,10,14,19-20,35H,2,9,11-13,15-18,21,32H2,1,3-4H3/b14-10-,25-19-,33-5?. The molecule has 0 amide bonds. The number of rotatable bonds is 12. The number of alkyl halides is 3. The Labute approximate surface area is 213 Å². The molecule has 0 radical (unpaired) electrons. The summed E-state index contributed by atoms with van der Waals surface area (Å²) in [6.07, 6.45) is 0.591. The Morgan fingerprint density at radius 2 is 1.89 bits per heavy atom. The molecule has 1 aromatic carbocycles. The van der Waals surface area contributed by atoms with Gasteiger partial charge in [-0.2, -0.15) is 13.2 Å². The van der Waals surface area contributed by atoms with Crippen LogP contribution in [0.5, 0.6) is 0 Å². The van der Waals surface area contributed by atoms with Crippen LogP contribution < -0.4 is 5.73 Å². The Morgan fingerprint density at radius 1 is 1.19 bits per heavy atom. The SMILES string of the molecule is C=C(/C=C\N=CC)/C=C(\N)CCC(O)(CCC(C)(C)c1cccc(CN2CCOCC2)c1)C(F)(F)F. The van der Waals surface area contributed by atoms with Crippen molar-refractivity contribution in [1.82, 2.24) is 4.90 Å². The largest absolute Gasteiger partial charge is 0.417 e. The molecule has 1 atom stereocenters. The summed E-state index contributed by atoms with van der Waals surface area (Å²) in [5, 5.41) is 10.7. The lowest BCUT2D eigenvalue weighted by atomic mass is 9.76. The fraction of sp³-hybridized carbons (Fsp3) is 0.536. The van der Waals surface area contributed by atoms with Gasteiger partial charge in [-0.15, -0.1) is 0 Å². The van der Waals surface area contributed by atoms with E-state index in [0.29, 0.717) is 18.8 Å². The quantitative estimate of drug-likeness (QED) is 0.283. The van der Waals surface area contributed by atoms with Gasteiger partial charge in [-0.1, -0.05) is 44.7 Å². The van der Waals surface area contributed by atoms with Gasteiger partial charge in [0.25, 0.3) is 0 Å².